The second-order valence-electron chi connectivity index (χ2n) is 4.76. The van der Waals surface area contributed by atoms with Gasteiger partial charge in [-0.3, -0.25) is 0 Å². The van der Waals surface area contributed by atoms with Crippen molar-refractivity contribution in [2.45, 2.75) is 6.61 Å². The fourth-order valence-corrected chi connectivity index (χ4v) is 1.70. The second kappa shape index (κ2) is 8.21. The molecule has 24 heavy (non-hydrogen) atoms. The van der Waals surface area contributed by atoms with Gasteiger partial charge < -0.3 is 14.4 Å². The summed E-state index contributed by atoms with van der Waals surface area (Å²) < 4.78 is 23.2. The topological polar surface area (TPSA) is 76.9 Å². The van der Waals surface area contributed by atoms with E-state index in [9.17, 15) is 9.18 Å². The molecule has 1 heterocycles. The van der Waals surface area contributed by atoms with Gasteiger partial charge in [0.2, 0.25) is 0 Å². The molecule has 126 valence electrons. The Bertz CT molecular complexity index is 755. The monoisotopic (exact) mass is 352 g/mol. The highest BCUT2D eigenvalue weighted by Gasteiger charge is 2.13. The fourth-order valence-electron chi connectivity index (χ4n) is 1.51. The third-order valence-electron chi connectivity index (χ3n) is 2.59. The normalized spacial score (nSPS) is 10.7. The number of hydrogen-bond donors (Lipinski definition) is 0. The summed E-state index contributed by atoms with van der Waals surface area (Å²) in [5, 5.41) is 0.462. The largest absolute Gasteiger partial charge is 0.516 e. The maximum absolute atomic E-state index is 13.5. The first kappa shape index (κ1) is 17.6. The predicted molar refractivity (Wildman–Crippen MR) is 86.1 cm³/mol. The molecule has 1 aromatic carbocycles. The third-order valence-corrected chi connectivity index (χ3v) is 2.96. The molecule has 0 saturated carbocycles. The number of carbonyl (C=O) groups is 1. The summed E-state index contributed by atoms with van der Waals surface area (Å²) in [6, 6.07) is 6.52. The number of rotatable bonds is 5. The van der Waals surface area contributed by atoms with Crippen LogP contribution in [0.15, 0.2) is 35.5 Å². The minimum Gasteiger partial charge on any atom is -0.429 e. The Balaban J connectivity index is 1.99. The maximum atomic E-state index is 13.5. The molecular formula is C15H14ClFN4O3. The number of carbonyl (C=O) groups excluding carboxylic acids is 1. The van der Waals surface area contributed by atoms with Crippen molar-refractivity contribution < 1.29 is 18.7 Å². The number of aromatic nitrogens is 2. The Labute approximate surface area is 142 Å². The van der Waals surface area contributed by atoms with Crippen LogP contribution in [0, 0.1) is 5.82 Å². The lowest BCUT2D eigenvalue weighted by Crippen LogP contribution is -2.13. The van der Waals surface area contributed by atoms with Crippen LogP contribution >= 0.6 is 11.6 Å². The lowest BCUT2D eigenvalue weighted by Gasteiger charge is -2.07. The molecule has 0 aliphatic rings. The van der Waals surface area contributed by atoms with Crippen LogP contribution in [0.1, 0.15) is 5.56 Å². The van der Waals surface area contributed by atoms with Crippen molar-refractivity contribution in [1.29, 1.82) is 0 Å². The highest BCUT2D eigenvalue weighted by molar-refractivity contribution is 6.31. The molecule has 9 heteroatoms. The highest BCUT2D eigenvalue weighted by atomic mass is 35.5. The van der Waals surface area contributed by atoms with E-state index in [-0.39, 0.29) is 18.4 Å². The van der Waals surface area contributed by atoms with Crippen LogP contribution in [0.5, 0.6) is 6.01 Å². The van der Waals surface area contributed by atoms with E-state index < -0.39 is 12.0 Å². The number of ether oxygens (including phenoxy) is 2. The van der Waals surface area contributed by atoms with Crippen molar-refractivity contribution in [2.24, 2.45) is 4.99 Å². The molecule has 0 bridgehead atoms. The highest BCUT2D eigenvalue weighted by Crippen LogP contribution is 2.18. The van der Waals surface area contributed by atoms with E-state index in [1.807, 2.05) is 0 Å². The summed E-state index contributed by atoms with van der Waals surface area (Å²) in [6.45, 7) is -0.0780. The number of halogens is 2. The van der Waals surface area contributed by atoms with E-state index in [0.29, 0.717) is 10.6 Å². The number of hydrogen-bond acceptors (Lipinski definition) is 6. The van der Waals surface area contributed by atoms with Crippen LogP contribution in [0.3, 0.4) is 0 Å². The fraction of sp³-hybridized carbons (Fsp3) is 0.200. The zero-order valence-electron chi connectivity index (χ0n) is 12.9. The molecule has 0 amide bonds. The van der Waals surface area contributed by atoms with Gasteiger partial charge in [0, 0.05) is 24.7 Å². The van der Waals surface area contributed by atoms with Crippen molar-refractivity contribution >= 4 is 29.9 Å². The average Bonchev–Trinajstić information content (AvgIpc) is 2.54. The summed E-state index contributed by atoms with van der Waals surface area (Å²) in [5.41, 5.74) is 0.618. The Hall–Kier alpha value is -2.74. The molecule has 0 aliphatic carbocycles. The van der Waals surface area contributed by atoms with Crippen LogP contribution in [0.25, 0.3) is 0 Å². The van der Waals surface area contributed by atoms with E-state index in [4.69, 9.17) is 21.1 Å². The number of nitrogens with zero attached hydrogens (tertiary/aromatic N) is 4. The zero-order chi connectivity index (χ0) is 17.5. The molecule has 1 aromatic heterocycles. The lowest BCUT2D eigenvalue weighted by atomic mass is 10.2. The van der Waals surface area contributed by atoms with Gasteiger partial charge in [0.1, 0.15) is 6.61 Å². The summed E-state index contributed by atoms with van der Waals surface area (Å²) >= 11 is 5.95. The van der Waals surface area contributed by atoms with Gasteiger partial charge in [-0.1, -0.05) is 29.8 Å². The Morgan fingerprint density at radius 3 is 2.88 bits per heavy atom. The molecule has 0 N–H and O–H groups in total. The first-order valence-corrected chi connectivity index (χ1v) is 7.14. The third kappa shape index (κ3) is 5.17. The van der Waals surface area contributed by atoms with Gasteiger partial charge in [-0.25, -0.2) is 19.2 Å². The lowest BCUT2D eigenvalue weighted by molar-refractivity contribution is 0.0895. The SMILES string of the molecule is CN(C)/C=N/c1nc(OC(=O)OCc2ccccc2Cl)ncc1F. The second-order valence-corrected chi connectivity index (χ2v) is 5.17. The summed E-state index contributed by atoms with van der Waals surface area (Å²) in [4.78, 5) is 24.3. The Kier molecular flexibility index (Phi) is 6.02. The molecule has 0 atom stereocenters. The molecule has 0 fully saturated rings. The standard InChI is InChI=1S/C15H14ClFN4O3/c1-21(2)9-19-13-12(17)7-18-14(20-13)24-15(22)23-8-10-5-3-4-6-11(10)16/h3-7,9H,8H2,1-2H3/b19-9+. The minimum atomic E-state index is -1.04. The number of aliphatic imine (C=N–C) groups is 1. The Morgan fingerprint density at radius 2 is 2.17 bits per heavy atom. The average molecular weight is 353 g/mol. The molecule has 2 aromatic rings. The van der Waals surface area contributed by atoms with E-state index in [1.54, 1.807) is 43.3 Å². The first-order chi connectivity index (χ1) is 11.5. The van der Waals surface area contributed by atoms with Gasteiger partial charge in [0.05, 0.1) is 12.5 Å². The van der Waals surface area contributed by atoms with Crippen molar-refractivity contribution in [1.82, 2.24) is 14.9 Å². The molecule has 0 unspecified atom stereocenters. The van der Waals surface area contributed by atoms with Crippen molar-refractivity contribution in [2.75, 3.05) is 14.1 Å². The zero-order valence-corrected chi connectivity index (χ0v) is 13.7. The van der Waals surface area contributed by atoms with Gasteiger partial charge in [-0.15, -0.1) is 0 Å². The summed E-state index contributed by atoms with van der Waals surface area (Å²) in [6.07, 6.45) is 1.17. The van der Waals surface area contributed by atoms with Crippen LogP contribution in [-0.4, -0.2) is 41.5 Å². The van der Waals surface area contributed by atoms with Gasteiger partial charge >= 0.3 is 12.2 Å². The van der Waals surface area contributed by atoms with Crippen molar-refractivity contribution in [3.63, 3.8) is 0 Å². The quantitative estimate of drug-likeness (QED) is 0.467. The van der Waals surface area contributed by atoms with E-state index in [0.717, 1.165) is 6.20 Å². The maximum Gasteiger partial charge on any atom is 0.516 e. The molecule has 2 rings (SSSR count). The van der Waals surface area contributed by atoms with E-state index in [2.05, 4.69) is 15.0 Å². The first-order valence-electron chi connectivity index (χ1n) is 6.77. The predicted octanol–water partition coefficient (Wildman–Crippen LogP) is 3.21. The van der Waals surface area contributed by atoms with Crippen molar-refractivity contribution in [3.05, 3.63) is 46.9 Å². The van der Waals surface area contributed by atoms with Gasteiger partial charge in [0.15, 0.2) is 11.6 Å². The van der Waals surface area contributed by atoms with Crippen LogP contribution in [0.2, 0.25) is 5.02 Å². The summed E-state index contributed by atoms with van der Waals surface area (Å²) in [7, 11) is 3.43. The Morgan fingerprint density at radius 1 is 1.42 bits per heavy atom. The van der Waals surface area contributed by atoms with Crippen LogP contribution in [-0.2, 0) is 11.3 Å². The van der Waals surface area contributed by atoms with Crippen LogP contribution in [0.4, 0.5) is 15.0 Å². The van der Waals surface area contributed by atoms with Crippen LogP contribution < -0.4 is 4.74 Å². The molecule has 0 radical (unpaired) electrons. The molecule has 0 aliphatic heterocycles. The summed E-state index contributed by atoms with van der Waals surface area (Å²) in [5.74, 6) is -1.00. The molecule has 7 nitrogen and oxygen atoms in total. The smallest absolute Gasteiger partial charge is 0.429 e. The van der Waals surface area contributed by atoms with E-state index in [1.165, 1.54) is 6.34 Å². The molecular weight excluding hydrogens is 339 g/mol. The minimum absolute atomic E-state index is 0.0780. The molecule has 0 saturated heterocycles. The number of benzene rings is 1. The van der Waals surface area contributed by atoms with Gasteiger partial charge in [-0.2, -0.15) is 4.98 Å². The van der Waals surface area contributed by atoms with E-state index >= 15 is 0 Å². The van der Waals surface area contributed by atoms with Gasteiger partial charge in [0.25, 0.3) is 0 Å². The molecule has 0 spiro atoms. The van der Waals surface area contributed by atoms with Crippen molar-refractivity contribution in [3.8, 4) is 6.01 Å². The van der Waals surface area contributed by atoms with Gasteiger partial charge in [-0.05, 0) is 6.07 Å².